The topological polar surface area (TPSA) is 81.8 Å². The van der Waals surface area contributed by atoms with E-state index in [0.29, 0.717) is 11.6 Å². The van der Waals surface area contributed by atoms with E-state index in [0.717, 1.165) is 4.68 Å². The predicted molar refractivity (Wildman–Crippen MR) is 78.1 cm³/mol. The number of amides is 1. The van der Waals surface area contributed by atoms with Gasteiger partial charge in [-0.2, -0.15) is 9.36 Å². The smallest absolute Gasteiger partial charge is 0.352 e. The van der Waals surface area contributed by atoms with E-state index < -0.39 is 5.69 Å². The van der Waals surface area contributed by atoms with E-state index in [-0.39, 0.29) is 18.5 Å². The Kier molecular flexibility index (Phi) is 4.52. The first-order valence-corrected chi connectivity index (χ1v) is 6.86. The number of hydrogen-bond acceptors (Lipinski definition) is 4. The third kappa shape index (κ3) is 3.56. The van der Waals surface area contributed by atoms with Crippen molar-refractivity contribution >= 4 is 5.91 Å². The van der Waals surface area contributed by atoms with E-state index in [4.69, 9.17) is 0 Å². The molecule has 0 saturated heterocycles. The van der Waals surface area contributed by atoms with Crippen molar-refractivity contribution in [2.75, 3.05) is 0 Å². The van der Waals surface area contributed by atoms with Gasteiger partial charge in [0.15, 0.2) is 0 Å². The Balaban J connectivity index is 2.11. The second-order valence-corrected chi connectivity index (χ2v) is 5.27. The molecule has 1 heterocycles. The number of carbonyl (C=O) groups excluding carboxylic acids is 1. The highest BCUT2D eigenvalue weighted by molar-refractivity contribution is 5.75. The van der Waals surface area contributed by atoms with E-state index >= 15 is 0 Å². The summed E-state index contributed by atoms with van der Waals surface area (Å²) in [5.74, 6) is 0.0732. The predicted octanol–water partition coefficient (Wildman–Crippen LogP) is 0.590. The van der Waals surface area contributed by atoms with E-state index in [1.807, 2.05) is 26.8 Å². The van der Waals surface area contributed by atoms with Crippen molar-refractivity contribution in [1.29, 1.82) is 0 Å². The molecule has 1 aromatic heterocycles. The van der Waals surface area contributed by atoms with E-state index in [1.54, 1.807) is 24.3 Å². The number of aromatic nitrogens is 4. The zero-order valence-corrected chi connectivity index (χ0v) is 12.4. The Labute approximate surface area is 122 Å². The molecule has 7 nitrogen and oxygen atoms in total. The maximum atomic E-state index is 12.1. The molecule has 0 radical (unpaired) electrons. The maximum absolute atomic E-state index is 12.1. The van der Waals surface area contributed by atoms with Gasteiger partial charge in [-0.15, -0.1) is 0 Å². The first-order valence-electron chi connectivity index (χ1n) is 6.86. The Bertz CT molecular complexity index is 660. The maximum Gasteiger partial charge on any atom is 0.368 e. The van der Waals surface area contributed by atoms with Crippen LogP contribution in [0.4, 0.5) is 0 Å². The van der Waals surface area contributed by atoms with Crippen LogP contribution >= 0.6 is 0 Å². The van der Waals surface area contributed by atoms with Gasteiger partial charge in [-0.25, -0.2) is 4.79 Å². The summed E-state index contributed by atoms with van der Waals surface area (Å²) in [6.07, 6.45) is 0. The van der Waals surface area contributed by atoms with Crippen molar-refractivity contribution in [1.82, 2.24) is 25.1 Å². The fourth-order valence-corrected chi connectivity index (χ4v) is 1.71. The van der Waals surface area contributed by atoms with Gasteiger partial charge in [0.1, 0.15) is 6.54 Å². The van der Waals surface area contributed by atoms with Gasteiger partial charge in [-0.1, -0.05) is 32.0 Å². The summed E-state index contributed by atoms with van der Waals surface area (Å²) >= 11 is 0. The highest BCUT2D eigenvalue weighted by atomic mass is 16.2. The molecule has 0 aliphatic heterocycles. The van der Waals surface area contributed by atoms with Crippen molar-refractivity contribution < 1.29 is 4.79 Å². The molecule has 0 spiro atoms. The lowest BCUT2D eigenvalue weighted by molar-refractivity contribution is -0.122. The quantitative estimate of drug-likeness (QED) is 0.873. The highest BCUT2D eigenvalue weighted by Crippen LogP contribution is 2.01. The average Bonchev–Trinajstić information content (AvgIpc) is 2.81. The van der Waals surface area contributed by atoms with Gasteiger partial charge >= 0.3 is 5.69 Å². The largest absolute Gasteiger partial charge is 0.368 e. The summed E-state index contributed by atoms with van der Waals surface area (Å²) < 4.78 is 2.22. The lowest BCUT2D eigenvalue weighted by Crippen LogP contribution is -2.40. The monoisotopic (exact) mass is 289 g/mol. The summed E-state index contributed by atoms with van der Waals surface area (Å²) in [5, 5.41) is 10.4. The molecule has 0 bridgehead atoms. The number of tetrazole rings is 1. The minimum Gasteiger partial charge on any atom is -0.352 e. The molecule has 1 aromatic carbocycles. The number of rotatable bonds is 5. The number of nitrogens with zero attached hydrogens (tertiary/aromatic N) is 4. The minimum absolute atomic E-state index is 0.0392. The lowest BCUT2D eigenvalue weighted by Gasteiger charge is -2.16. The summed E-state index contributed by atoms with van der Waals surface area (Å²) in [5.41, 5.74) is 0.179. The van der Waals surface area contributed by atoms with Crippen molar-refractivity contribution in [2.24, 2.45) is 5.92 Å². The van der Waals surface area contributed by atoms with Gasteiger partial charge in [0.2, 0.25) is 5.91 Å². The van der Waals surface area contributed by atoms with Crippen LogP contribution in [0.5, 0.6) is 0 Å². The zero-order valence-electron chi connectivity index (χ0n) is 12.4. The number of benzene rings is 1. The molecule has 0 aliphatic rings. The highest BCUT2D eigenvalue weighted by Gasteiger charge is 2.15. The summed E-state index contributed by atoms with van der Waals surface area (Å²) in [7, 11) is 0. The molecule has 0 saturated carbocycles. The molecule has 0 fully saturated rings. The van der Waals surface area contributed by atoms with Crippen molar-refractivity contribution in [2.45, 2.75) is 33.4 Å². The van der Waals surface area contributed by atoms with Crippen LogP contribution in [0.25, 0.3) is 5.69 Å². The Hall–Kier alpha value is -2.44. The molecule has 2 aromatic rings. The van der Waals surface area contributed by atoms with Crippen molar-refractivity contribution in [3.8, 4) is 5.69 Å². The number of carbonyl (C=O) groups is 1. The molecule has 2 rings (SSSR count). The number of nitrogens with one attached hydrogen (secondary N) is 1. The van der Waals surface area contributed by atoms with Gasteiger partial charge < -0.3 is 5.32 Å². The Morgan fingerprint density at radius 3 is 2.48 bits per heavy atom. The molecule has 0 unspecified atom stereocenters. The fraction of sp³-hybridized carbons (Fsp3) is 0.429. The van der Waals surface area contributed by atoms with Gasteiger partial charge in [-0.3, -0.25) is 4.79 Å². The van der Waals surface area contributed by atoms with Crippen LogP contribution in [0, 0.1) is 5.92 Å². The van der Waals surface area contributed by atoms with Crippen LogP contribution in [0.3, 0.4) is 0 Å². The zero-order chi connectivity index (χ0) is 15.4. The summed E-state index contributed by atoms with van der Waals surface area (Å²) in [6, 6.07) is 9.00. The van der Waals surface area contributed by atoms with Gasteiger partial charge in [0.25, 0.3) is 0 Å². The van der Waals surface area contributed by atoms with Crippen molar-refractivity contribution in [3.05, 3.63) is 40.8 Å². The number of hydrogen-bond donors (Lipinski definition) is 1. The Morgan fingerprint density at radius 1 is 1.19 bits per heavy atom. The lowest BCUT2D eigenvalue weighted by atomic mass is 10.1. The molecule has 1 N–H and O–H groups in total. The van der Waals surface area contributed by atoms with Gasteiger partial charge in [0, 0.05) is 6.04 Å². The molecule has 7 heteroatoms. The second kappa shape index (κ2) is 6.34. The minimum atomic E-state index is -0.437. The van der Waals surface area contributed by atoms with Crippen LogP contribution in [0.2, 0.25) is 0 Å². The summed E-state index contributed by atoms with van der Waals surface area (Å²) in [4.78, 5) is 24.0. The van der Waals surface area contributed by atoms with E-state index in [1.165, 1.54) is 4.68 Å². The van der Waals surface area contributed by atoms with Crippen LogP contribution < -0.4 is 11.0 Å². The number of para-hydroxylation sites is 1. The average molecular weight is 289 g/mol. The third-order valence-electron chi connectivity index (χ3n) is 3.32. The van der Waals surface area contributed by atoms with Gasteiger partial charge in [-0.05, 0) is 35.4 Å². The normalized spacial score (nSPS) is 12.4. The molecule has 21 heavy (non-hydrogen) atoms. The van der Waals surface area contributed by atoms with Gasteiger partial charge in [0.05, 0.1) is 5.69 Å². The SMILES string of the molecule is CC(C)[C@@H](C)NC(=O)Cn1nnn(-c2ccccc2)c1=O. The first kappa shape index (κ1) is 15.0. The molecular weight excluding hydrogens is 270 g/mol. The van der Waals surface area contributed by atoms with Crippen molar-refractivity contribution in [3.63, 3.8) is 0 Å². The van der Waals surface area contributed by atoms with Crippen LogP contribution in [0.15, 0.2) is 35.1 Å². The summed E-state index contributed by atoms with van der Waals surface area (Å²) in [6.45, 7) is 5.82. The van der Waals surface area contributed by atoms with Crippen LogP contribution in [-0.2, 0) is 11.3 Å². The van der Waals surface area contributed by atoms with E-state index in [2.05, 4.69) is 15.7 Å². The molecular formula is C14H19N5O2. The standard InChI is InChI=1S/C14H19N5O2/c1-10(2)11(3)15-13(20)9-18-14(21)19(17-16-18)12-7-5-4-6-8-12/h4-8,10-11H,9H2,1-3H3,(H,15,20)/t11-/m1/s1. The molecule has 112 valence electrons. The van der Waals surface area contributed by atoms with E-state index in [9.17, 15) is 9.59 Å². The first-order chi connectivity index (χ1) is 9.99. The van der Waals surface area contributed by atoms with Crippen LogP contribution in [-0.4, -0.2) is 31.7 Å². The molecule has 0 aliphatic carbocycles. The molecule has 1 atom stereocenters. The second-order valence-electron chi connectivity index (χ2n) is 5.27. The molecule has 1 amide bonds. The Morgan fingerprint density at radius 2 is 1.86 bits per heavy atom. The fourth-order valence-electron chi connectivity index (χ4n) is 1.71. The van der Waals surface area contributed by atoms with Crippen LogP contribution in [0.1, 0.15) is 20.8 Å². The third-order valence-corrected chi connectivity index (χ3v) is 3.32.